The number of nitrogens with one attached hydrogen (secondary N) is 1. The zero-order valence-corrected chi connectivity index (χ0v) is 11.8. The van der Waals surface area contributed by atoms with E-state index < -0.39 is 0 Å². The van der Waals surface area contributed by atoms with Gasteiger partial charge in [-0.15, -0.1) is 12.4 Å². The highest BCUT2D eigenvalue weighted by atomic mass is 35.5. The van der Waals surface area contributed by atoms with Gasteiger partial charge in [0.2, 0.25) is 5.91 Å². The van der Waals surface area contributed by atoms with Gasteiger partial charge in [0.05, 0.1) is 0 Å². The fourth-order valence-electron chi connectivity index (χ4n) is 2.93. The van der Waals surface area contributed by atoms with E-state index in [1.807, 2.05) is 0 Å². The van der Waals surface area contributed by atoms with Gasteiger partial charge in [-0.25, -0.2) is 0 Å². The van der Waals surface area contributed by atoms with Gasteiger partial charge in [0.15, 0.2) is 0 Å². The molecule has 0 unspecified atom stereocenters. The van der Waals surface area contributed by atoms with Crippen LogP contribution in [0.2, 0.25) is 0 Å². The molecule has 0 aromatic rings. The van der Waals surface area contributed by atoms with Crippen LogP contribution in [0.1, 0.15) is 39.5 Å². The molecule has 0 aromatic carbocycles. The number of hydrogen-bond acceptors (Lipinski definition) is 2. The Kier molecular flexibility index (Phi) is 5.26. The second-order valence-corrected chi connectivity index (χ2v) is 5.91. The summed E-state index contributed by atoms with van der Waals surface area (Å²) in [6, 6.07) is 0. The quantitative estimate of drug-likeness (QED) is 0.824. The summed E-state index contributed by atoms with van der Waals surface area (Å²) >= 11 is 0. The molecule has 2 rings (SSSR count). The molecule has 0 bridgehead atoms. The van der Waals surface area contributed by atoms with Crippen LogP contribution in [0.15, 0.2) is 0 Å². The number of likely N-dealkylation sites (tertiary alicyclic amines) is 1. The Morgan fingerprint density at radius 2 is 1.94 bits per heavy atom. The van der Waals surface area contributed by atoms with Crippen molar-refractivity contribution in [1.29, 1.82) is 0 Å². The molecule has 0 saturated carbocycles. The lowest BCUT2D eigenvalue weighted by molar-refractivity contribution is -0.134. The highest BCUT2D eigenvalue weighted by Gasteiger charge is 2.37. The van der Waals surface area contributed by atoms with E-state index in [-0.39, 0.29) is 12.4 Å². The van der Waals surface area contributed by atoms with Crippen molar-refractivity contribution in [2.75, 3.05) is 26.2 Å². The van der Waals surface area contributed by atoms with Gasteiger partial charge in [0, 0.05) is 26.1 Å². The third kappa shape index (κ3) is 3.59. The second kappa shape index (κ2) is 6.05. The van der Waals surface area contributed by atoms with Crippen molar-refractivity contribution in [1.82, 2.24) is 10.2 Å². The largest absolute Gasteiger partial charge is 0.343 e. The Labute approximate surface area is 111 Å². The summed E-state index contributed by atoms with van der Waals surface area (Å²) < 4.78 is 0. The standard InChI is InChI=1S/C13H24N2O.ClH/c1-11(2)9-12(16)15-7-4-13(5-8-15)3-6-14-10-13;/h11,14H,3-10H2,1-2H3;1H. The van der Waals surface area contributed by atoms with Crippen LogP contribution in [0.25, 0.3) is 0 Å². The van der Waals surface area contributed by atoms with E-state index in [2.05, 4.69) is 24.1 Å². The number of amides is 1. The maximum atomic E-state index is 11.9. The van der Waals surface area contributed by atoms with Gasteiger partial charge >= 0.3 is 0 Å². The Balaban J connectivity index is 0.00000144. The Morgan fingerprint density at radius 1 is 1.29 bits per heavy atom. The normalized spacial score (nSPS) is 22.9. The number of hydrogen-bond donors (Lipinski definition) is 1. The highest BCUT2D eigenvalue weighted by Crippen LogP contribution is 2.37. The molecule has 2 aliphatic rings. The average Bonchev–Trinajstić information content (AvgIpc) is 2.66. The van der Waals surface area contributed by atoms with Gasteiger partial charge in [0.25, 0.3) is 0 Å². The molecule has 4 heteroatoms. The lowest BCUT2D eigenvalue weighted by atomic mass is 9.78. The van der Waals surface area contributed by atoms with Crippen LogP contribution < -0.4 is 5.32 Å². The SMILES string of the molecule is CC(C)CC(=O)N1CCC2(CCNC2)CC1.Cl. The van der Waals surface area contributed by atoms with Gasteiger partial charge in [-0.2, -0.15) is 0 Å². The average molecular weight is 261 g/mol. The Hall–Kier alpha value is -0.280. The van der Waals surface area contributed by atoms with E-state index >= 15 is 0 Å². The first-order valence-corrected chi connectivity index (χ1v) is 6.60. The van der Waals surface area contributed by atoms with Gasteiger partial charge < -0.3 is 10.2 Å². The fraction of sp³-hybridized carbons (Fsp3) is 0.923. The summed E-state index contributed by atoms with van der Waals surface area (Å²) in [6.45, 7) is 8.52. The predicted octanol–water partition coefficient (Wildman–Crippen LogP) is 2.06. The first kappa shape index (κ1) is 14.8. The Bertz CT molecular complexity index is 252. The number of carbonyl (C=O) groups excluding carboxylic acids is 1. The lowest BCUT2D eigenvalue weighted by Gasteiger charge is -2.39. The molecule has 2 heterocycles. The van der Waals surface area contributed by atoms with E-state index in [0.29, 0.717) is 23.7 Å². The number of carbonyl (C=O) groups is 1. The molecule has 1 spiro atoms. The maximum absolute atomic E-state index is 11.9. The van der Waals surface area contributed by atoms with Crippen molar-refractivity contribution in [3.05, 3.63) is 0 Å². The van der Waals surface area contributed by atoms with Crippen LogP contribution in [-0.2, 0) is 4.79 Å². The molecule has 0 radical (unpaired) electrons. The molecular formula is C13H25ClN2O. The molecule has 0 aliphatic carbocycles. The monoisotopic (exact) mass is 260 g/mol. The molecule has 100 valence electrons. The van der Waals surface area contributed by atoms with Gasteiger partial charge in [-0.3, -0.25) is 4.79 Å². The van der Waals surface area contributed by atoms with Crippen molar-refractivity contribution in [3.8, 4) is 0 Å². The van der Waals surface area contributed by atoms with Crippen molar-refractivity contribution in [2.24, 2.45) is 11.3 Å². The van der Waals surface area contributed by atoms with Gasteiger partial charge in [-0.05, 0) is 37.1 Å². The third-order valence-electron chi connectivity index (χ3n) is 4.09. The van der Waals surface area contributed by atoms with Crippen LogP contribution in [0.4, 0.5) is 0 Å². The van der Waals surface area contributed by atoms with Crippen molar-refractivity contribution < 1.29 is 4.79 Å². The summed E-state index contributed by atoms with van der Waals surface area (Å²) in [4.78, 5) is 14.0. The molecule has 0 atom stereocenters. The molecule has 17 heavy (non-hydrogen) atoms. The van der Waals surface area contributed by atoms with Crippen molar-refractivity contribution in [2.45, 2.75) is 39.5 Å². The number of rotatable bonds is 2. The summed E-state index contributed by atoms with van der Waals surface area (Å²) in [5, 5.41) is 3.46. The summed E-state index contributed by atoms with van der Waals surface area (Å²) in [5.74, 6) is 0.840. The number of piperidine rings is 1. The number of halogens is 1. The second-order valence-electron chi connectivity index (χ2n) is 5.91. The Morgan fingerprint density at radius 3 is 2.41 bits per heavy atom. The molecule has 2 saturated heterocycles. The fourth-order valence-corrected chi connectivity index (χ4v) is 2.93. The minimum atomic E-state index is 0. The molecule has 2 fully saturated rings. The maximum Gasteiger partial charge on any atom is 0.222 e. The van der Waals surface area contributed by atoms with Crippen LogP contribution in [0.3, 0.4) is 0 Å². The van der Waals surface area contributed by atoms with E-state index in [1.165, 1.54) is 32.4 Å². The zero-order chi connectivity index (χ0) is 11.6. The lowest BCUT2D eigenvalue weighted by Crippen LogP contribution is -2.44. The summed E-state index contributed by atoms with van der Waals surface area (Å²) in [5.41, 5.74) is 0.522. The molecular weight excluding hydrogens is 236 g/mol. The van der Waals surface area contributed by atoms with Crippen molar-refractivity contribution >= 4 is 18.3 Å². The molecule has 2 aliphatic heterocycles. The van der Waals surface area contributed by atoms with E-state index in [4.69, 9.17) is 0 Å². The minimum absolute atomic E-state index is 0. The van der Waals surface area contributed by atoms with Crippen LogP contribution in [-0.4, -0.2) is 37.0 Å². The van der Waals surface area contributed by atoms with Crippen LogP contribution in [0, 0.1) is 11.3 Å². The zero-order valence-electron chi connectivity index (χ0n) is 11.0. The predicted molar refractivity (Wildman–Crippen MR) is 72.4 cm³/mol. The summed E-state index contributed by atoms with van der Waals surface area (Å²) in [7, 11) is 0. The first-order valence-electron chi connectivity index (χ1n) is 6.60. The third-order valence-corrected chi connectivity index (χ3v) is 4.09. The van der Waals surface area contributed by atoms with E-state index in [1.54, 1.807) is 0 Å². The van der Waals surface area contributed by atoms with Crippen molar-refractivity contribution in [3.63, 3.8) is 0 Å². The van der Waals surface area contributed by atoms with Gasteiger partial charge in [0.1, 0.15) is 0 Å². The van der Waals surface area contributed by atoms with Crippen LogP contribution in [0.5, 0.6) is 0 Å². The molecule has 1 amide bonds. The topological polar surface area (TPSA) is 32.3 Å². The van der Waals surface area contributed by atoms with E-state index in [0.717, 1.165) is 13.1 Å². The van der Waals surface area contributed by atoms with E-state index in [9.17, 15) is 4.79 Å². The first-order chi connectivity index (χ1) is 7.61. The molecule has 3 nitrogen and oxygen atoms in total. The summed E-state index contributed by atoms with van der Waals surface area (Å²) in [6.07, 6.45) is 4.41. The number of nitrogens with zero attached hydrogens (tertiary/aromatic N) is 1. The van der Waals surface area contributed by atoms with Gasteiger partial charge in [-0.1, -0.05) is 13.8 Å². The minimum Gasteiger partial charge on any atom is -0.343 e. The highest BCUT2D eigenvalue weighted by molar-refractivity contribution is 5.85. The smallest absolute Gasteiger partial charge is 0.222 e. The molecule has 1 N–H and O–H groups in total. The molecule has 0 aromatic heterocycles. The van der Waals surface area contributed by atoms with Crippen LogP contribution >= 0.6 is 12.4 Å².